The van der Waals surface area contributed by atoms with Crippen molar-refractivity contribution in [2.75, 3.05) is 19.7 Å². The van der Waals surface area contributed by atoms with E-state index in [1.54, 1.807) is 6.92 Å². The zero-order valence-corrected chi connectivity index (χ0v) is 15.0. The molecule has 2 aliphatic rings. The van der Waals surface area contributed by atoms with Crippen molar-refractivity contribution in [2.24, 2.45) is 0 Å². The molecule has 1 aromatic heterocycles. The Kier molecular flexibility index (Phi) is 4.56. The average Bonchev–Trinajstić information content (AvgIpc) is 3.11. The molecule has 0 saturated carbocycles. The first-order valence-corrected chi connectivity index (χ1v) is 9.13. The van der Waals surface area contributed by atoms with Gasteiger partial charge in [-0.25, -0.2) is 0 Å². The van der Waals surface area contributed by atoms with Crippen molar-refractivity contribution < 1.29 is 19.5 Å². The summed E-state index contributed by atoms with van der Waals surface area (Å²) in [5.74, 6) is 1.17. The number of piperidine rings is 1. The van der Waals surface area contributed by atoms with Crippen LogP contribution < -0.4 is 0 Å². The van der Waals surface area contributed by atoms with E-state index >= 15 is 0 Å². The average molecular weight is 359 g/mol. The molecule has 0 aliphatic carbocycles. The number of nitrogens with zero attached hydrogens (tertiary/aromatic N) is 3. The SMILES string of the molecule is C[C@@]1(O)CCOC2(CCN(Cc3noc(-c4ccccc4)n3)CC2)[C@H]1O. The van der Waals surface area contributed by atoms with Crippen LogP contribution in [0.15, 0.2) is 34.9 Å². The van der Waals surface area contributed by atoms with Gasteiger partial charge in [-0.15, -0.1) is 0 Å². The third-order valence-corrected chi connectivity index (χ3v) is 5.64. The van der Waals surface area contributed by atoms with Crippen LogP contribution in [-0.4, -0.2) is 62.3 Å². The van der Waals surface area contributed by atoms with Gasteiger partial charge in [0.1, 0.15) is 6.10 Å². The lowest BCUT2D eigenvalue weighted by Crippen LogP contribution is -2.64. The Labute approximate surface area is 152 Å². The van der Waals surface area contributed by atoms with Crippen molar-refractivity contribution in [1.82, 2.24) is 15.0 Å². The quantitative estimate of drug-likeness (QED) is 0.860. The molecule has 140 valence electrons. The zero-order chi connectivity index (χ0) is 18.2. The Balaban J connectivity index is 1.38. The smallest absolute Gasteiger partial charge is 0.257 e. The van der Waals surface area contributed by atoms with Crippen LogP contribution in [-0.2, 0) is 11.3 Å². The van der Waals surface area contributed by atoms with Crippen LogP contribution in [0.5, 0.6) is 0 Å². The molecule has 2 N–H and O–H groups in total. The number of hydrogen-bond donors (Lipinski definition) is 2. The van der Waals surface area contributed by atoms with E-state index in [9.17, 15) is 10.2 Å². The summed E-state index contributed by atoms with van der Waals surface area (Å²) in [6.07, 6.45) is 0.951. The molecule has 2 atom stereocenters. The molecule has 4 rings (SSSR count). The molecule has 2 fully saturated rings. The van der Waals surface area contributed by atoms with E-state index in [2.05, 4.69) is 15.0 Å². The highest BCUT2D eigenvalue weighted by Gasteiger charge is 2.52. The monoisotopic (exact) mass is 359 g/mol. The summed E-state index contributed by atoms with van der Waals surface area (Å²) in [5, 5.41) is 25.1. The lowest BCUT2D eigenvalue weighted by molar-refractivity contribution is -0.246. The van der Waals surface area contributed by atoms with E-state index < -0.39 is 17.3 Å². The molecule has 1 spiro atoms. The van der Waals surface area contributed by atoms with E-state index in [0.717, 1.165) is 18.7 Å². The topological polar surface area (TPSA) is 91.9 Å². The van der Waals surface area contributed by atoms with Crippen molar-refractivity contribution in [2.45, 2.75) is 50.0 Å². The maximum absolute atomic E-state index is 10.6. The molecular weight excluding hydrogens is 334 g/mol. The summed E-state index contributed by atoms with van der Waals surface area (Å²) < 4.78 is 11.3. The molecule has 26 heavy (non-hydrogen) atoms. The predicted octanol–water partition coefficient (Wildman–Crippen LogP) is 1.60. The van der Waals surface area contributed by atoms with Crippen molar-refractivity contribution >= 4 is 0 Å². The van der Waals surface area contributed by atoms with E-state index in [4.69, 9.17) is 9.26 Å². The van der Waals surface area contributed by atoms with Gasteiger partial charge in [0.05, 0.1) is 24.4 Å². The number of aliphatic hydroxyl groups is 2. The number of aliphatic hydroxyl groups excluding tert-OH is 1. The van der Waals surface area contributed by atoms with Gasteiger partial charge in [-0.2, -0.15) is 4.98 Å². The Bertz CT molecular complexity index is 738. The van der Waals surface area contributed by atoms with Gasteiger partial charge >= 0.3 is 0 Å². The van der Waals surface area contributed by atoms with Crippen LogP contribution >= 0.6 is 0 Å². The van der Waals surface area contributed by atoms with Crippen LogP contribution in [0, 0.1) is 0 Å². The molecule has 0 unspecified atom stereocenters. The van der Waals surface area contributed by atoms with Crippen molar-refractivity contribution in [3.63, 3.8) is 0 Å². The van der Waals surface area contributed by atoms with Crippen LogP contribution in [0.2, 0.25) is 0 Å². The van der Waals surface area contributed by atoms with Gasteiger partial charge in [-0.1, -0.05) is 23.4 Å². The maximum Gasteiger partial charge on any atom is 0.257 e. The van der Waals surface area contributed by atoms with Crippen LogP contribution in [0.1, 0.15) is 32.0 Å². The van der Waals surface area contributed by atoms with E-state index in [0.29, 0.717) is 44.1 Å². The molecule has 2 aliphatic heterocycles. The molecule has 2 aromatic rings. The minimum atomic E-state index is -1.08. The lowest BCUT2D eigenvalue weighted by atomic mass is 9.75. The minimum Gasteiger partial charge on any atom is -0.387 e. The molecule has 2 saturated heterocycles. The molecule has 0 bridgehead atoms. The first-order valence-electron chi connectivity index (χ1n) is 9.13. The van der Waals surface area contributed by atoms with Gasteiger partial charge in [0, 0.05) is 25.1 Å². The largest absolute Gasteiger partial charge is 0.387 e. The summed E-state index contributed by atoms with van der Waals surface area (Å²) in [6, 6.07) is 9.70. The fourth-order valence-corrected chi connectivity index (χ4v) is 3.97. The van der Waals surface area contributed by atoms with Crippen LogP contribution in [0.4, 0.5) is 0 Å². The Hall–Kier alpha value is -1.80. The van der Waals surface area contributed by atoms with Crippen molar-refractivity contribution in [3.8, 4) is 11.5 Å². The van der Waals surface area contributed by atoms with Gasteiger partial charge in [0.2, 0.25) is 0 Å². The minimum absolute atomic E-state index is 0.463. The number of aromatic nitrogens is 2. The highest BCUT2D eigenvalue weighted by atomic mass is 16.5. The standard InChI is InChI=1S/C19H25N3O4/c1-18(24)9-12-25-19(17(18)23)7-10-22(11-8-19)13-15-20-16(26-21-15)14-5-3-2-4-6-14/h2-6,17,23-24H,7-13H2,1H3/t17-,18+/m0/s1. The van der Waals surface area contributed by atoms with Gasteiger partial charge in [0.25, 0.3) is 5.89 Å². The third-order valence-electron chi connectivity index (χ3n) is 5.64. The van der Waals surface area contributed by atoms with Crippen molar-refractivity contribution in [1.29, 1.82) is 0 Å². The van der Waals surface area contributed by atoms with Gasteiger partial charge in [-0.3, -0.25) is 4.90 Å². The first kappa shape index (κ1) is 17.6. The van der Waals surface area contributed by atoms with Crippen molar-refractivity contribution in [3.05, 3.63) is 36.2 Å². The predicted molar refractivity (Wildman–Crippen MR) is 94.2 cm³/mol. The molecule has 7 nitrogen and oxygen atoms in total. The summed E-state index contributed by atoms with van der Waals surface area (Å²) in [4.78, 5) is 6.70. The summed E-state index contributed by atoms with van der Waals surface area (Å²) in [7, 11) is 0. The Morgan fingerprint density at radius 2 is 1.92 bits per heavy atom. The summed E-state index contributed by atoms with van der Waals surface area (Å²) >= 11 is 0. The fraction of sp³-hybridized carbons (Fsp3) is 0.579. The number of rotatable bonds is 3. The Morgan fingerprint density at radius 3 is 2.65 bits per heavy atom. The fourth-order valence-electron chi connectivity index (χ4n) is 3.97. The highest BCUT2D eigenvalue weighted by molar-refractivity contribution is 5.51. The highest BCUT2D eigenvalue weighted by Crippen LogP contribution is 2.39. The number of benzene rings is 1. The number of ether oxygens (including phenoxy) is 1. The number of likely N-dealkylation sites (tertiary alicyclic amines) is 1. The molecule has 1 aromatic carbocycles. The molecule has 3 heterocycles. The summed E-state index contributed by atoms with van der Waals surface area (Å²) in [6.45, 7) is 4.28. The second kappa shape index (κ2) is 6.74. The van der Waals surface area contributed by atoms with E-state index in [-0.39, 0.29) is 0 Å². The number of hydrogen-bond acceptors (Lipinski definition) is 7. The van der Waals surface area contributed by atoms with Crippen LogP contribution in [0.3, 0.4) is 0 Å². The maximum atomic E-state index is 10.6. The normalized spacial score (nSPS) is 29.1. The molecule has 7 heteroatoms. The second-order valence-electron chi connectivity index (χ2n) is 7.58. The molecule has 0 amide bonds. The van der Waals surface area contributed by atoms with E-state index in [1.807, 2.05) is 30.3 Å². The first-order chi connectivity index (χ1) is 12.5. The van der Waals surface area contributed by atoms with Crippen LogP contribution in [0.25, 0.3) is 11.5 Å². The van der Waals surface area contributed by atoms with Gasteiger partial charge in [0.15, 0.2) is 5.82 Å². The lowest BCUT2D eigenvalue weighted by Gasteiger charge is -2.51. The van der Waals surface area contributed by atoms with E-state index in [1.165, 1.54) is 0 Å². The third kappa shape index (κ3) is 3.27. The molecule has 0 radical (unpaired) electrons. The van der Waals surface area contributed by atoms with Gasteiger partial charge in [-0.05, 0) is 31.9 Å². The van der Waals surface area contributed by atoms with Gasteiger partial charge < -0.3 is 19.5 Å². The summed E-state index contributed by atoms with van der Waals surface area (Å²) in [5.41, 5.74) is -0.826. The zero-order valence-electron chi connectivity index (χ0n) is 15.0. The molecular formula is C19H25N3O4. The Morgan fingerprint density at radius 1 is 1.19 bits per heavy atom. The second-order valence-corrected chi connectivity index (χ2v) is 7.58.